The summed E-state index contributed by atoms with van der Waals surface area (Å²) in [5.41, 5.74) is 1.38. The molecule has 18 heavy (non-hydrogen) atoms. The summed E-state index contributed by atoms with van der Waals surface area (Å²) in [5.74, 6) is 1.54. The van der Waals surface area contributed by atoms with Gasteiger partial charge in [0.1, 0.15) is 18.5 Å². The Labute approximate surface area is 109 Å². The Bertz CT molecular complexity index is 344. The van der Waals surface area contributed by atoms with Crippen LogP contribution < -0.4 is 10.1 Å². The van der Waals surface area contributed by atoms with E-state index in [-0.39, 0.29) is 6.10 Å². The molecule has 1 aliphatic rings. The first-order valence-corrected chi connectivity index (χ1v) is 6.84. The molecule has 1 saturated heterocycles. The Hall–Kier alpha value is -1.06. The molecule has 0 radical (unpaired) electrons. The van der Waals surface area contributed by atoms with Gasteiger partial charge in [0.05, 0.1) is 6.61 Å². The zero-order valence-corrected chi connectivity index (χ0v) is 11.3. The monoisotopic (exact) mass is 249 g/mol. The third kappa shape index (κ3) is 3.72. The van der Waals surface area contributed by atoms with Crippen molar-refractivity contribution >= 4 is 0 Å². The minimum Gasteiger partial charge on any atom is -0.491 e. The van der Waals surface area contributed by atoms with Gasteiger partial charge >= 0.3 is 0 Å². The van der Waals surface area contributed by atoms with E-state index in [4.69, 9.17) is 9.47 Å². The molecule has 2 atom stereocenters. The highest BCUT2D eigenvalue weighted by Gasteiger charge is 2.13. The van der Waals surface area contributed by atoms with E-state index in [1.807, 2.05) is 0 Å². The van der Waals surface area contributed by atoms with Crippen molar-refractivity contribution in [2.45, 2.75) is 32.3 Å². The van der Waals surface area contributed by atoms with Crippen molar-refractivity contribution in [1.82, 2.24) is 5.32 Å². The van der Waals surface area contributed by atoms with Gasteiger partial charge in [0.2, 0.25) is 0 Å². The van der Waals surface area contributed by atoms with Gasteiger partial charge in [-0.1, -0.05) is 26.0 Å². The summed E-state index contributed by atoms with van der Waals surface area (Å²) in [6.07, 6.45) is 1.34. The van der Waals surface area contributed by atoms with E-state index in [0.717, 1.165) is 25.4 Å². The van der Waals surface area contributed by atoms with Crippen molar-refractivity contribution in [1.29, 1.82) is 0 Å². The molecular formula is C15H23NO2. The molecule has 1 aromatic carbocycles. The maximum atomic E-state index is 5.75. The molecule has 1 fully saturated rings. The van der Waals surface area contributed by atoms with Gasteiger partial charge in [0.15, 0.2) is 0 Å². The molecule has 1 aliphatic heterocycles. The second-order valence-electron chi connectivity index (χ2n) is 4.89. The van der Waals surface area contributed by atoms with Crippen LogP contribution in [0, 0.1) is 0 Å². The topological polar surface area (TPSA) is 30.5 Å². The van der Waals surface area contributed by atoms with Crippen molar-refractivity contribution < 1.29 is 9.47 Å². The van der Waals surface area contributed by atoms with Gasteiger partial charge in [-0.15, -0.1) is 0 Å². The predicted octanol–water partition coefficient (Wildman–Crippen LogP) is 2.57. The Kier molecular flexibility index (Phi) is 5.02. The molecule has 2 unspecified atom stereocenters. The van der Waals surface area contributed by atoms with Crippen molar-refractivity contribution in [3.05, 3.63) is 29.8 Å². The molecule has 0 spiro atoms. The minimum absolute atomic E-state index is 0.174. The van der Waals surface area contributed by atoms with Gasteiger partial charge < -0.3 is 14.8 Å². The maximum absolute atomic E-state index is 5.75. The van der Waals surface area contributed by atoms with Gasteiger partial charge in [-0.25, -0.2) is 0 Å². The summed E-state index contributed by atoms with van der Waals surface area (Å²) >= 11 is 0. The lowest BCUT2D eigenvalue weighted by molar-refractivity contribution is 0.000192. The van der Waals surface area contributed by atoms with E-state index >= 15 is 0 Å². The fourth-order valence-electron chi connectivity index (χ4n) is 2.04. The minimum atomic E-state index is 0.174. The van der Waals surface area contributed by atoms with Gasteiger partial charge in [0, 0.05) is 13.1 Å². The van der Waals surface area contributed by atoms with Crippen molar-refractivity contribution in [2.24, 2.45) is 0 Å². The van der Waals surface area contributed by atoms with E-state index < -0.39 is 0 Å². The summed E-state index contributed by atoms with van der Waals surface area (Å²) in [4.78, 5) is 0. The van der Waals surface area contributed by atoms with E-state index in [1.165, 1.54) is 12.0 Å². The zero-order chi connectivity index (χ0) is 12.8. The average molecular weight is 249 g/mol. The van der Waals surface area contributed by atoms with Crippen LogP contribution >= 0.6 is 0 Å². The molecule has 0 aromatic heterocycles. The maximum Gasteiger partial charge on any atom is 0.119 e. The zero-order valence-electron chi connectivity index (χ0n) is 11.3. The number of rotatable bonds is 5. The molecule has 3 heteroatoms. The van der Waals surface area contributed by atoms with Crippen molar-refractivity contribution in [3.8, 4) is 5.75 Å². The second kappa shape index (κ2) is 6.76. The van der Waals surface area contributed by atoms with E-state index in [0.29, 0.717) is 12.5 Å². The normalized spacial score (nSPS) is 21.6. The number of hydrogen-bond acceptors (Lipinski definition) is 3. The van der Waals surface area contributed by atoms with Crippen LogP contribution in [0.25, 0.3) is 0 Å². The predicted molar refractivity (Wildman–Crippen MR) is 73.3 cm³/mol. The second-order valence-corrected chi connectivity index (χ2v) is 4.89. The van der Waals surface area contributed by atoms with Gasteiger partial charge in [-0.3, -0.25) is 0 Å². The molecule has 0 aliphatic carbocycles. The fraction of sp³-hybridized carbons (Fsp3) is 0.600. The highest BCUT2D eigenvalue weighted by Crippen LogP contribution is 2.21. The summed E-state index contributed by atoms with van der Waals surface area (Å²) in [7, 11) is 0. The van der Waals surface area contributed by atoms with Gasteiger partial charge in [0.25, 0.3) is 0 Å². The van der Waals surface area contributed by atoms with Crippen molar-refractivity contribution in [2.75, 3.05) is 26.3 Å². The van der Waals surface area contributed by atoms with E-state index in [1.54, 1.807) is 0 Å². The molecule has 1 aromatic rings. The third-order valence-corrected chi connectivity index (χ3v) is 3.50. The number of ether oxygens (including phenoxy) is 2. The summed E-state index contributed by atoms with van der Waals surface area (Å²) in [6, 6.07) is 8.42. The molecule has 0 amide bonds. The standard InChI is InChI=1S/C15H23NO2/c1-3-12(2)13-4-6-14(7-5-13)18-11-15-10-16-8-9-17-15/h4-7,12,15-16H,3,8-11H2,1-2H3. The molecule has 1 N–H and O–H groups in total. The van der Waals surface area contributed by atoms with Crippen LogP contribution in [0.15, 0.2) is 24.3 Å². The molecule has 3 nitrogen and oxygen atoms in total. The van der Waals surface area contributed by atoms with Crippen molar-refractivity contribution in [3.63, 3.8) is 0 Å². The lowest BCUT2D eigenvalue weighted by atomic mass is 9.99. The summed E-state index contributed by atoms with van der Waals surface area (Å²) < 4.78 is 11.3. The Morgan fingerprint density at radius 3 is 2.78 bits per heavy atom. The lowest BCUT2D eigenvalue weighted by Crippen LogP contribution is -2.41. The van der Waals surface area contributed by atoms with Crippen LogP contribution in [0.2, 0.25) is 0 Å². The number of nitrogens with one attached hydrogen (secondary N) is 1. The van der Waals surface area contributed by atoms with Crippen LogP contribution in [0.3, 0.4) is 0 Å². The third-order valence-electron chi connectivity index (χ3n) is 3.50. The highest BCUT2D eigenvalue weighted by molar-refractivity contribution is 5.29. The highest BCUT2D eigenvalue weighted by atomic mass is 16.5. The molecular weight excluding hydrogens is 226 g/mol. The Balaban J connectivity index is 1.82. The van der Waals surface area contributed by atoms with E-state index in [2.05, 4.69) is 43.4 Å². The smallest absolute Gasteiger partial charge is 0.119 e. The van der Waals surface area contributed by atoms with Gasteiger partial charge in [-0.2, -0.15) is 0 Å². The first-order valence-electron chi connectivity index (χ1n) is 6.84. The molecule has 100 valence electrons. The van der Waals surface area contributed by atoms with Crippen LogP contribution in [0.1, 0.15) is 31.7 Å². The Morgan fingerprint density at radius 2 is 2.17 bits per heavy atom. The average Bonchev–Trinajstić information content (AvgIpc) is 2.46. The molecule has 2 rings (SSSR count). The van der Waals surface area contributed by atoms with Crippen LogP contribution in [0.4, 0.5) is 0 Å². The molecule has 1 heterocycles. The largest absolute Gasteiger partial charge is 0.491 e. The quantitative estimate of drug-likeness (QED) is 0.870. The summed E-state index contributed by atoms with van der Waals surface area (Å²) in [6.45, 7) is 7.68. The first kappa shape index (κ1) is 13.4. The first-order chi connectivity index (χ1) is 8.79. The fourth-order valence-corrected chi connectivity index (χ4v) is 2.04. The van der Waals surface area contributed by atoms with Gasteiger partial charge in [-0.05, 0) is 30.0 Å². The number of benzene rings is 1. The van der Waals surface area contributed by atoms with Crippen LogP contribution in [0.5, 0.6) is 5.75 Å². The Morgan fingerprint density at radius 1 is 1.39 bits per heavy atom. The van der Waals surface area contributed by atoms with Crippen LogP contribution in [-0.2, 0) is 4.74 Å². The summed E-state index contributed by atoms with van der Waals surface area (Å²) in [5, 5.41) is 3.30. The lowest BCUT2D eigenvalue weighted by Gasteiger charge is -2.23. The SMILES string of the molecule is CCC(C)c1ccc(OCC2CNCCO2)cc1. The van der Waals surface area contributed by atoms with Crippen LogP contribution in [-0.4, -0.2) is 32.4 Å². The van der Waals surface area contributed by atoms with E-state index in [9.17, 15) is 0 Å². The number of morpholine rings is 1. The molecule has 0 bridgehead atoms. The molecule has 0 saturated carbocycles. The number of hydrogen-bond donors (Lipinski definition) is 1.